The normalized spacial score (nSPS) is 21.3. The molecule has 1 aliphatic rings. The summed E-state index contributed by atoms with van der Waals surface area (Å²) in [6.45, 7) is 0.746. The fourth-order valence-electron chi connectivity index (χ4n) is 1.15. The highest BCUT2D eigenvalue weighted by Gasteiger charge is 2.22. The van der Waals surface area contributed by atoms with Gasteiger partial charge in [0.05, 0.1) is 23.9 Å². The van der Waals surface area contributed by atoms with Gasteiger partial charge in [0.15, 0.2) is 9.84 Å². The zero-order chi connectivity index (χ0) is 8.60. The van der Waals surface area contributed by atoms with E-state index >= 15 is 0 Å². The Labute approximate surface area is 74.9 Å². The minimum Gasteiger partial charge on any atom is -0.375 e. The molecule has 0 N–H and O–H groups in total. The second-order valence-corrected chi connectivity index (χ2v) is 5.66. The molecule has 0 radical (unpaired) electrons. The Bertz CT molecular complexity index is 377. The highest BCUT2D eigenvalue weighted by molar-refractivity contribution is 7.91. The summed E-state index contributed by atoms with van der Waals surface area (Å²) in [4.78, 5) is 1.29. The molecule has 0 atom stereocenters. The molecule has 12 heavy (non-hydrogen) atoms. The molecule has 0 spiro atoms. The lowest BCUT2D eigenvalue weighted by Gasteiger charge is -1.95. The van der Waals surface area contributed by atoms with Crippen LogP contribution in [0, 0.1) is 0 Å². The van der Waals surface area contributed by atoms with E-state index in [1.807, 2.05) is 0 Å². The van der Waals surface area contributed by atoms with Gasteiger partial charge in [-0.3, -0.25) is 0 Å². The number of sulfone groups is 1. The lowest BCUT2D eigenvalue weighted by atomic mass is 10.5. The fraction of sp³-hybridized carbons (Fsp3) is 0.429. The molecule has 0 unspecified atom stereocenters. The van der Waals surface area contributed by atoms with Crippen molar-refractivity contribution in [1.82, 2.24) is 0 Å². The Balaban J connectivity index is 2.58. The maximum atomic E-state index is 11.5. The Hall–Kier alpha value is -0.390. The third kappa shape index (κ3) is 1.28. The lowest BCUT2D eigenvalue weighted by molar-refractivity contribution is 0.139. The van der Waals surface area contributed by atoms with Crippen molar-refractivity contribution in [3.63, 3.8) is 0 Å². The van der Waals surface area contributed by atoms with Gasteiger partial charge in [-0.1, -0.05) is 0 Å². The fourth-order valence-corrected chi connectivity index (χ4v) is 3.71. The minimum absolute atomic E-state index is 0.108. The van der Waals surface area contributed by atoms with Gasteiger partial charge in [0.25, 0.3) is 0 Å². The summed E-state index contributed by atoms with van der Waals surface area (Å²) in [5, 5.41) is 1.79. The number of rotatable bonds is 0. The SMILES string of the molecule is O=S1(=O)CCOCc2sccc21. The third-order valence-electron chi connectivity index (χ3n) is 1.77. The summed E-state index contributed by atoms with van der Waals surface area (Å²) in [5.74, 6) is 0.108. The first-order valence-electron chi connectivity index (χ1n) is 3.57. The third-order valence-corrected chi connectivity index (χ3v) is 4.55. The second kappa shape index (κ2) is 2.83. The molecule has 0 aromatic carbocycles. The van der Waals surface area contributed by atoms with Crippen molar-refractivity contribution in [2.24, 2.45) is 0 Å². The van der Waals surface area contributed by atoms with Gasteiger partial charge in [0.2, 0.25) is 0 Å². The van der Waals surface area contributed by atoms with Gasteiger partial charge in [0, 0.05) is 4.88 Å². The molecule has 0 fully saturated rings. The molecule has 0 amide bonds. The molecule has 0 saturated carbocycles. The Kier molecular flexibility index (Phi) is 1.94. The number of thiophene rings is 1. The Morgan fingerprint density at radius 3 is 3.17 bits per heavy atom. The smallest absolute Gasteiger partial charge is 0.181 e. The summed E-state index contributed by atoms with van der Waals surface area (Å²) in [6, 6.07) is 1.66. The van der Waals surface area contributed by atoms with Crippen molar-refractivity contribution in [1.29, 1.82) is 0 Å². The molecule has 3 nitrogen and oxygen atoms in total. The van der Waals surface area contributed by atoms with Crippen LogP contribution in [0.2, 0.25) is 0 Å². The molecule has 66 valence electrons. The standard InChI is InChI=1S/C7H8O3S2/c8-12(9)4-2-10-5-6-7(12)1-3-11-6/h1,3H,2,4-5H2. The number of hydrogen-bond donors (Lipinski definition) is 0. The molecule has 0 aliphatic carbocycles. The zero-order valence-electron chi connectivity index (χ0n) is 6.32. The van der Waals surface area contributed by atoms with Gasteiger partial charge in [-0.15, -0.1) is 11.3 Å². The number of ether oxygens (including phenoxy) is 1. The Morgan fingerprint density at radius 1 is 1.50 bits per heavy atom. The molecule has 1 aromatic rings. The first-order chi connectivity index (χ1) is 5.70. The maximum absolute atomic E-state index is 11.5. The molecule has 5 heteroatoms. The van der Waals surface area contributed by atoms with Crippen molar-refractivity contribution in [3.8, 4) is 0 Å². The van der Waals surface area contributed by atoms with E-state index < -0.39 is 9.84 Å². The van der Waals surface area contributed by atoms with E-state index in [1.165, 1.54) is 11.3 Å². The topological polar surface area (TPSA) is 43.4 Å². The van der Waals surface area contributed by atoms with E-state index in [0.29, 0.717) is 18.1 Å². The van der Waals surface area contributed by atoms with Crippen LogP contribution in [0.1, 0.15) is 4.88 Å². The van der Waals surface area contributed by atoms with E-state index in [1.54, 1.807) is 11.4 Å². The van der Waals surface area contributed by atoms with Crippen LogP contribution in [-0.2, 0) is 21.2 Å². The lowest BCUT2D eigenvalue weighted by Crippen LogP contribution is -2.08. The zero-order valence-corrected chi connectivity index (χ0v) is 7.95. The molecule has 2 heterocycles. The molecular weight excluding hydrogens is 196 g/mol. The van der Waals surface area contributed by atoms with Crippen LogP contribution >= 0.6 is 11.3 Å². The van der Waals surface area contributed by atoms with Crippen molar-refractivity contribution in [2.75, 3.05) is 12.4 Å². The second-order valence-electron chi connectivity index (χ2n) is 2.58. The maximum Gasteiger partial charge on any atom is 0.181 e. The highest BCUT2D eigenvalue weighted by Crippen LogP contribution is 2.25. The van der Waals surface area contributed by atoms with Crippen molar-refractivity contribution in [2.45, 2.75) is 11.5 Å². The summed E-state index contributed by atoms with van der Waals surface area (Å²) in [7, 11) is -3.05. The van der Waals surface area contributed by atoms with Crippen LogP contribution in [0.3, 0.4) is 0 Å². The van der Waals surface area contributed by atoms with Gasteiger partial charge >= 0.3 is 0 Å². The monoisotopic (exact) mass is 204 g/mol. The molecular formula is C7H8O3S2. The van der Waals surface area contributed by atoms with Gasteiger partial charge in [-0.25, -0.2) is 8.42 Å². The van der Waals surface area contributed by atoms with Crippen molar-refractivity contribution >= 4 is 21.2 Å². The van der Waals surface area contributed by atoms with E-state index in [2.05, 4.69) is 0 Å². The van der Waals surface area contributed by atoms with Crippen LogP contribution < -0.4 is 0 Å². The van der Waals surface area contributed by atoms with Crippen LogP contribution in [0.4, 0.5) is 0 Å². The van der Waals surface area contributed by atoms with Crippen LogP contribution in [0.25, 0.3) is 0 Å². The van der Waals surface area contributed by atoms with Gasteiger partial charge in [-0.2, -0.15) is 0 Å². The van der Waals surface area contributed by atoms with Gasteiger partial charge < -0.3 is 4.74 Å². The van der Waals surface area contributed by atoms with Gasteiger partial charge in [0.1, 0.15) is 0 Å². The predicted molar refractivity (Wildman–Crippen MR) is 46.0 cm³/mol. The average Bonchev–Trinajstić information content (AvgIpc) is 2.42. The van der Waals surface area contributed by atoms with E-state index in [9.17, 15) is 8.42 Å². The molecule has 2 rings (SSSR count). The quantitative estimate of drug-likeness (QED) is 0.634. The van der Waals surface area contributed by atoms with Crippen LogP contribution in [0.5, 0.6) is 0 Å². The first kappa shape index (κ1) is 8.22. The van der Waals surface area contributed by atoms with Crippen LogP contribution in [0.15, 0.2) is 16.3 Å². The summed E-state index contributed by atoms with van der Waals surface area (Å²) in [6.07, 6.45) is 0. The summed E-state index contributed by atoms with van der Waals surface area (Å²) >= 11 is 1.44. The predicted octanol–water partition coefficient (Wildman–Crippen LogP) is 1.05. The van der Waals surface area contributed by atoms with E-state index in [-0.39, 0.29) is 5.75 Å². The van der Waals surface area contributed by atoms with E-state index in [4.69, 9.17) is 4.74 Å². The summed E-state index contributed by atoms with van der Waals surface area (Å²) < 4.78 is 28.1. The Morgan fingerprint density at radius 2 is 2.33 bits per heavy atom. The average molecular weight is 204 g/mol. The van der Waals surface area contributed by atoms with Crippen LogP contribution in [-0.4, -0.2) is 20.8 Å². The highest BCUT2D eigenvalue weighted by atomic mass is 32.2. The van der Waals surface area contributed by atoms with Crippen molar-refractivity contribution in [3.05, 3.63) is 16.3 Å². The largest absolute Gasteiger partial charge is 0.375 e. The minimum atomic E-state index is -3.05. The molecule has 1 aromatic heterocycles. The summed E-state index contributed by atoms with van der Waals surface area (Å²) in [5.41, 5.74) is 0. The number of fused-ring (bicyclic) bond motifs is 1. The molecule has 0 saturated heterocycles. The van der Waals surface area contributed by atoms with E-state index in [0.717, 1.165) is 4.88 Å². The number of hydrogen-bond acceptors (Lipinski definition) is 4. The first-order valence-corrected chi connectivity index (χ1v) is 6.10. The van der Waals surface area contributed by atoms with Crippen molar-refractivity contribution < 1.29 is 13.2 Å². The molecule has 0 bridgehead atoms. The van der Waals surface area contributed by atoms with Gasteiger partial charge in [-0.05, 0) is 11.4 Å². The molecule has 1 aliphatic heterocycles.